The molecule has 1 aromatic rings. The number of nitrogens with one attached hydrogen (secondary N) is 1. The van der Waals surface area contributed by atoms with Gasteiger partial charge in [0.1, 0.15) is 6.61 Å². The van der Waals surface area contributed by atoms with Crippen LogP contribution in [-0.4, -0.2) is 18.6 Å². The van der Waals surface area contributed by atoms with E-state index in [1.165, 1.54) is 19.3 Å². The molecule has 0 radical (unpaired) electrons. The summed E-state index contributed by atoms with van der Waals surface area (Å²) in [5.74, 6) is -0.102. The second-order valence-corrected chi connectivity index (χ2v) is 5.89. The predicted octanol–water partition coefficient (Wildman–Crippen LogP) is 3.41. The van der Waals surface area contributed by atoms with Crippen molar-refractivity contribution < 1.29 is 9.53 Å². The van der Waals surface area contributed by atoms with Gasteiger partial charge in [-0.3, -0.25) is 4.79 Å². The second-order valence-electron chi connectivity index (χ2n) is 4.97. The first-order valence-electron chi connectivity index (χ1n) is 6.87. The Bertz CT molecular complexity index is 399. The van der Waals surface area contributed by atoms with Gasteiger partial charge in [-0.15, -0.1) is 0 Å². The van der Waals surface area contributed by atoms with Crippen molar-refractivity contribution in [3.8, 4) is 0 Å². The van der Waals surface area contributed by atoms with Gasteiger partial charge in [0.25, 0.3) is 0 Å². The van der Waals surface area contributed by atoms with Gasteiger partial charge in [0.2, 0.25) is 0 Å². The van der Waals surface area contributed by atoms with E-state index in [9.17, 15) is 4.79 Å². The predicted molar refractivity (Wildman–Crippen MR) is 78.8 cm³/mol. The van der Waals surface area contributed by atoms with E-state index in [4.69, 9.17) is 4.74 Å². The number of hydrogen-bond acceptors (Lipinski definition) is 3. The Morgan fingerprint density at radius 3 is 2.79 bits per heavy atom. The molecule has 2 rings (SSSR count). The number of hydrogen-bond donors (Lipinski definition) is 1. The summed E-state index contributed by atoms with van der Waals surface area (Å²) in [6.45, 7) is 1.45. The molecule has 1 saturated heterocycles. The lowest BCUT2D eigenvalue weighted by molar-refractivity contribution is -0.145. The highest BCUT2D eigenvalue weighted by molar-refractivity contribution is 9.10. The van der Waals surface area contributed by atoms with E-state index in [-0.39, 0.29) is 5.97 Å². The topological polar surface area (TPSA) is 38.3 Å². The monoisotopic (exact) mass is 325 g/mol. The molecule has 19 heavy (non-hydrogen) atoms. The van der Waals surface area contributed by atoms with Gasteiger partial charge in [-0.05, 0) is 43.5 Å². The van der Waals surface area contributed by atoms with Crippen molar-refractivity contribution in [3.05, 3.63) is 34.3 Å². The Kier molecular flexibility index (Phi) is 5.86. The van der Waals surface area contributed by atoms with Crippen molar-refractivity contribution >= 4 is 21.9 Å². The number of carbonyl (C=O) groups excluding carboxylic acids is 1. The number of rotatable bonds is 5. The van der Waals surface area contributed by atoms with Crippen LogP contribution in [0.5, 0.6) is 0 Å². The lowest BCUT2D eigenvalue weighted by Crippen LogP contribution is -2.34. The van der Waals surface area contributed by atoms with Gasteiger partial charge in [0.15, 0.2) is 0 Å². The van der Waals surface area contributed by atoms with E-state index < -0.39 is 0 Å². The molecule has 1 unspecified atom stereocenters. The molecule has 0 saturated carbocycles. The van der Waals surface area contributed by atoms with Crippen LogP contribution in [-0.2, 0) is 16.1 Å². The van der Waals surface area contributed by atoms with Crippen LogP contribution in [0.4, 0.5) is 0 Å². The maximum Gasteiger partial charge on any atom is 0.306 e. The van der Waals surface area contributed by atoms with Crippen molar-refractivity contribution in [2.45, 2.75) is 44.8 Å². The van der Waals surface area contributed by atoms with E-state index >= 15 is 0 Å². The van der Waals surface area contributed by atoms with Gasteiger partial charge >= 0.3 is 5.97 Å². The Hall–Kier alpha value is -0.870. The molecule has 104 valence electrons. The molecule has 1 N–H and O–H groups in total. The molecule has 1 heterocycles. The summed E-state index contributed by atoms with van der Waals surface area (Å²) in [5.41, 5.74) is 1.02. The van der Waals surface area contributed by atoms with Crippen LogP contribution in [0.25, 0.3) is 0 Å². The van der Waals surface area contributed by atoms with E-state index in [0.717, 1.165) is 23.0 Å². The van der Waals surface area contributed by atoms with Crippen LogP contribution in [0.15, 0.2) is 28.7 Å². The molecule has 0 bridgehead atoms. The Morgan fingerprint density at radius 1 is 1.32 bits per heavy atom. The fourth-order valence-corrected chi connectivity index (χ4v) is 2.54. The van der Waals surface area contributed by atoms with Crippen molar-refractivity contribution in [1.29, 1.82) is 0 Å². The first-order chi connectivity index (χ1) is 9.24. The van der Waals surface area contributed by atoms with Gasteiger partial charge in [0.05, 0.1) is 0 Å². The number of esters is 1. The van der Waals surface area contributed by atoms with Crippen molar-refractivity contribution in [3.63, 3.8) is 0 Å². The third-order valence-electron chi connectivity index (χ3n) is 3.42. The fourth-order valence-electron chi connectivity index (χ4n) is 2.28. The highest BCUT2D eigenvalue weighted by Crippen LogP contribution is 2.14. The smallest absolute Gasteiger partial charge is 0.306 e. The molecule has 0 spiro atoms. The van der Waals surface area contributed by atoms with Crippen molar-refractivity contribution in [2.75, 3.05) is 6.54 Å². The molecular formula is C15H20BrNO2. The number of carbonyl (C=O) groups is 1. The molecule has 4 heteroatoms. The standard InChI is InChI=1S/C15H20BrNO2/c16-13-6-4-12(5-7-13)11-19-15(18)9-8-14-3-1-2-10-17-14/h4-7,14,17H,1-3,8-11H2. The van der Waals surface area contributed by atoms with E-state index in [2.05, 4.69) is 21.2 Å². The number of benzene rings is 1. The van der Waals surface area contributed by atoms with Crippen LogP contribution in [0.2, 0.25) is 0 Å². The first-order valence-corrected chi connectivity index (χ1v) is 7.67. The third kappa shape index (κ3) is 5.33. The fraction of sp³-hybridized carbons (Fsp3) is 0.533. The minimum atomic E-state index is -0.102. The molecule has 0 amide bonds. The highest BCUT2D eigenvalue weighted by Gasteiger charge is 2.14. The molecule has 3 nitrogen and oxygen atoms in total. The summed E-state index contributed by atoms with van der Waals surface area (Å²) in [6, 6.07) is 8.32. The minimum Gasteiger partial charge on any atom is -0.461 e. The van der Waals surface area contributed by atoms with Crippen LogP contribution in [0.3, 0.4) is 0 Å². The van der Waals surface area contributed by atoms with Crippen molar-refractivity contribution in [1.82, 2.24) is 5.32 Å². The van der Waals surface area contributed by atoms with Crippen LogP contribution in [0.1, 0.15) is 37.7 Å². The Morgan fingerprint density at radius 2 is 2.11 bits per heavy atom. The summed E-state index contributed by atoms with van der Waals surface area (Å²) >= 11 is 3.38. The average Bonchev–Trinajstić information content (AvgIpc) is 2.45. The van der Waals surface area contributed by atoms with E-state index in [0.29, 0.717) is 19.1 Å². The second kappa shape index (κ2) is 7.65. The summed E-state index contributed by atoms with van der Waals surface area (Å²) in [7, 11) is 0. The minimum absolute atomic E-state index is 0.102. The molecule has 1 atom stereocenters. The van der Waals surface area contributed by atoms with E-state index in [1.54, 1.807) is 0 Å². The van der Waals surface area contributed by atoms with Gasteiger partial charge < -0.3 is 10.1 Å². The van der Waals surface area contributed by atoms with Gasteiger partial charge in [0, 0.05) is 16.9 Å². The van der Waals surface area contributed by atoms with Crippen LogP contribution >= 0.6 is 15.9 Å². The number of halogens is 1. The number of ether oxygens (including phenoxy) is 1. The van der Waals surface area contributed by atoms with Crippen molar-refractivity contribution in [2.24, 2.45) is 0 Å². The number of piperidine rings is 1. The van der Waals surface area contributed by atoms with Gasteiger partial charge in [-0.2, -0.15) is 0 Å². The summed E-state index contributed by atoms with van der Waals surface area (Å²) in [4.78, 5) is 11.7. The SMILES string of the molecule is O=C(CCC1CCCCN1)OCc1ccc(Br)cc1. The Labute approximate surface area is 122 Å². The van der Waals surface area contributed by atoms with Crippen LogP contribution in [0, 0.1) is 0 Å². The molecule has 1 aromatic carbocycles. The summed E-state index contributed by atoms with van der Waals surface area (Å²) in [6.07, 6.45) is 5.10. The summed E-state index contributed by atoms with van der Waals surface area (Å²) < 4.78 is 6.31. The molecule has 1 fully saturated rings. The summed E-state index contributed by atoms with van der Waals surface area (Å²) in [5, 5.41) is 3.44. The maximum absolute atomic E-state index is 11.7. The first kappa shape index (κ1) is 14.5. The molecule has 1 aliphatic rings. The average molecular weight is 326 g/mol. The maximum atomic E-state index is 11.7. The molecular weight excluding hydrogens is 306 g/mol. The zero-order valence-electron chi connectivity index (χ0n) is 11.0. The normalized spacial score (nSPS) is 19.1. The van der Waals surface area contributed by atoms with E-state index in [1.807, 2.05) is 24.3 Å². The van der Waals surface area contributed by atoms with Gasteiger partial charge in [-0.25, -0.2) is 0 Å². The lowest BCUT2D eigenvalue weighted by Gasteiger charge is -2.22. The zero-order valence-corrected chi connectivity index (χ0v) is 12.6. The molecule has 1 aliphatic heterocycles. The van der Waals surface area contributed by atoms with Crippen LogP contribution < -0.4 is 5.32 Å². The Balaban J connectivity index is 1.65. The zero-order chi connectivity index (χ0) is 13.5. The highest BCUT2D eigenvalue weighted by atomic mass is 79.9. The lowest BCUT2D eigenvalue weighted by atomic mass is 10.0. The third-order valence-corrected chi connectivity index (χ3v) is 3.95. The largest absolute Gasteiger partial charge is 0.461 e. The van der Waals surface area contributed by atoms with Gasteiger partial charge in [-0.1, -0.05) is 34.5 Å². The molecule has 0 aliphatic carbocycles. The molecule has 0 aromatic heterocycles. The quantitative estimate of drug-likeness (QED) is 0.843.